The highest BCUT2D eigenvalue weighted by Gasteiger charge is 2.35. The molecule has 1 aromatic rings. The molecule has 1 aromatic heterocycles. The monoisotopic (exact) mass is 304 g/mol. The van der Waals surface area contributed by atoms with Crippen LogP contribution in [0.2, 0.25) is 0 Å². The summed E-state index contributed by atoms with van der Waals surface area (Å²) in [4.78, 5) is 1.20. The first-order chi connectivity index (χ1) is 7.60. The van der Waals surface area contributed by atoms with Crippen molar-refractivity contribution in [1.29, 1.82) is 0 Å². The maximum atomic E-state index is 10.3. The third-order valence-electron chi connectivity index (χ3n) is 3.23. The van der Waals surface area contributed by atoms with Gasteiger partial charge in [-0.15, -0.1) is 11.3 Å². The Morgan fingerprint density at radius 2 is 2.38 bits per heavy atom. The first kappa shape index (κ1) is 12.6. The van der Waals surface area contributed by atoms with Gasteiger partial charge in [0, 0.05) is 17.9 Å². The highest BCUT2D eigenvalue weighted by atomic mass is 79.9. The number of hydrogen-bond acceptors (Lipinski definition) is 3. The Hall–Kier alpha value is 0.1000. The minimum Gasteiger partial charge on any atom is -0.390 e. The van der Waals surface area contributed by atoms with Gasteiger partial charge in [0.25, 0.3) is 0 Å². The standard InChI is InChI=1S/C12H17BrO2S/c1-12(6-2-3-7-15-12)10(14)8-9-4-5-11(13)16-9/h4-5,10,14H,2-3,6-8H2,1H3. The van der Waals surface area contributed by atoms with E-state index >= 15 is 0 Å². The molecule has 2 rings (SSSR count). The minimum atomic E-state index is -0.404. The molecule has 0 saturated carbocycles. The predicted octanol–water partition coefficient (Wildman–Crippen LogP) is 3.37. The van der Waals surface area contributed by atoms with E-state index in [1.807, 2.05) is 13.0 Å². The number of thiophene rings is 1. The van der Waals surface area contributed by atoms with Crippen molar-refractivity contribution < 1.29 is 9.84 Å². The van der Waals surface area contributed by atoms with Crippen LogP contribution in [0.15, 0.2) is 15.9 Å². The van der Waals surface area contributed by atoms with Crippen molar-refractivity contribution in [3.05, 3.63) is 20.8 Å². The number of hydrogen-bond donors (Lipinski definition) is 1. The summed E-state index contributed by atoms with van der Waals surface area (Å²) in [7, 11) is 0. The van der Waals surface area contributed by atoms with E-state index in [-0.39, 0.29) is 5.60 Å². The maximum Gasteiger partial charge on any atom is 0.0915 e. The molecule has 1 saturated heterocycles. The average molecular weight is 305 g/mol. The average Bonchev–Trinajstić information content (AvgIpc) is 2.65. The lowest BCUT2D eigenvalue weighted by molar-refractivity contribution is -0.135. The summed E-state index contributed by atoms with van der Waals surface area (Å²) >= 11 is 5.12. The zero-order valence-corrected chi connectivity index (χ0v) is 11.8. The maximum absolute atomic E-state index is 10.3. The molecule has 16 heavy (non-hydrogen) atoms. The molecule has 0 aliphatic carbocycles. The Morgan fingerprint density at radius 1 is 1.56 bits per heavy atom. The third kappa shape index (κ3) is 2.86. The van der Waals surface area contributed by atoms with Gasteiger partial charge in [-0.3, -0.25) is 0 Å². The van der Waals surface area contributed by atoms with Crippen molar-refractivity contribution >= 4 is 27.3 Å². The van der Waals surface area contributed by atoms with Gasteiger partial charge in [-0.05, 0) is 54.2 Å². The molecule has 1 N–H and O–H groups in total. The lowest BCUT2D eigenvalue weighted by Gasteiger charge is -2.37. The number of aliphatic hydroxyl groups is 1. The van der Waals surface area contributed by atoms with Crippen LogP contribution in [0.25, 0.3) is 0 Å². The van der Waals surface area contributed by atoms with Crippen LogP contribution in [0.5, 0.6) is 0 Å². The molecule has 1 aliphatic rings. The van der Waals surface area contributed by atoms with E-state index in [0.29, 0.717) is 6.42 Å². The van der Waals surface area contributed by atoms with E-state index in [1.165, 1.54) is 4.88 Å². The fraction of sp³-hybridized carbons (Fsp3) is 0.667. The van der Waals surface area contributed by atoms with Crippen LogP contribution >= 0.6 is 27.3 Å². The van der Waals surface area contributed by atoms with Gasteiger partial charge < -0.3 is 9.84 Å². The summed E-state index contributed by atoms with van der Waals surface area (Å²) in [6.07, 6.45) is 3.51. The zero-order valence-electron chi connectivity index (χ0n) is 9.41. The zero-order chi connectivity index (χ0) is 11.6. The summed E-state index contributed by atoms with van der Waals surface area (Å²) in [6, 6.07) is 4.08. The largest absolute Gasteiger partial charge is 0.390 e. The van der Waals surface area contributed by atoms with E-state index in [4.69, 9.17) is 4.74 Å². The molecule has 2 heterocycles. The molecule has 0 bridgehead atoms. The normalized spacial score (nSPS) is 27.9. The molecule has 2 atom stereocenters. The molecule has 2 nitrogen and oxygen atoms in total. The molecule has 0 spiro atoms. The fourth-order valence-electron chi connectivity index (χ4n) is 2.09. The van der Waals surface area contributed by atoms with Crippen molar-refractivity contribution in [2.75, 3.05) is 6.61 Å². The predicted molar refractivity (Wildman–Crippen MR) is 69.9 cm³/mol. The first-order valence-corrected chi connectivity index (χ1v) is 7.27. The molecule has 1 fully saturated rings. The van der Waals surface area contributed by atoms with Crippen LogP contribution in [0, 0.1) is 0 Å². The molecule has 1 aliphatic heterocycles. The molecular weight excluding hydrogens is 288 g/mol. The van der Waals surface area contributed by atoms with Crippen molar-refractivity contribution in [2.45, 2.75) is 44.3 Å². The van der Waals surface area contributed by atoms with E-state index in [9.17, 15) is 5.11 Å². The second-order valence-corrected chi connectivity index (χ2v) is 7.09. The van der Waals surface area contributed by atoms with Crippen LogP contribution in [0.3, 0.4) is 0 Å². The van der Waals surface area contributed by atoms with E-state index in [2.05, 4.69) is 22.0 Å². The van der Waals surface area contributed by atoms with Gasteiger partial charge in [-0.1, -0.05) is 0 Å². The van der Waals surface area contributed by atoms with Crippen molar-refractivity contribution in [1.82, 2.24) is 0 Å². The second-order valence-electron chi connectivity index (χ2n) is 4.54. The molecule has 0 amide bonds. The summed E-state index contributed by atoms with van der Waals surface area (Å²) in [5.74, 6) is 0. The molecular formula is C12H17BrO2S. The number of rotatable bonds is 3. The van der Waals surface area contributed by atoms with Gasteiger partial charge in [0.1, 0.15) is 0 Å². The quantitative estimate of drug-likeness (QED) is 0.928. The summed E-state index contributed by atoms with van der Waals surface area (Å²) < 4.78 is 6.86. The van der Waals surface area contributed by atoms with Gasteiger partial charge in [-0.25, -0.2) is 0 Å². The molecule has 2 unspecified atom stereocenters. The third-order valence-corrected chi connectivity index (χ3v) is 4.87. The van der Waals surface area contributed by atoms with E-state index in [0.717, 1.165) is 29.7 Å². The fourth-order valence-corrected chi connectivity index (χ4v) is 3.61. The van der Waals surface area contributed by atoms with Gasteiger partial charge in [-0.2, -0.15) is 0 Å². The van der Waals surface area contributed by atoms with E-state index in [1.54, 1.807) is 11.3 Å². The SMILES string of the molecule is CC1(C(O)Cc2ccc(Br)s2)CCCCO1. The van der Waals surface area contributed by atoms with Crippen molar-refractivity contribution in [3.63, 3.8) is 0 Å². The van der Waals surface area contributed by atoms with Crippen LogP contribution in [-0.2, 0) is 11.2 Å². The lowest BCUT2D eigenvalue weighted by atomic mass is 9.88. The lowest BCUT2D eigenvalue weighted by Crippen LogP contribution is -2.45. The molecule has 4 heteroatoms. The summed E-state index contributed by atoms with van der Waals surface area (Å²) in [5, 5.41) is 10.3. The minimum absolute atomic E-state index is 0.352. The van der Waals surface area contributed by atoms with Crippen LogP contribution in [0.4, 0.5) is 0 Å². The summed E-state index contributed by atoms with van der Waals surface area (Å²) in [6.45, 7) is 2.81. The molecule has 90 valence electrons. The molecule has 0 aromatic carbocycles. The van der Waals surface area contributed by atoms with Crippen LogP contribution in [-0.4, -0.2) is 23.4 Å². The smallest absolute Gasteiger partial charge is 0.0915 e. The Bertz CT molecular complexity index is 345. The van der Waals surface area contributed by atoms with Gasteiger partial charge in [0.05, 0.1) is 15.5 Å². The van der Waals surface area contributed by atoms with Crippen molar-refractivity contribution in [3.8, 4) is 0 Å². The highest BCUT2D eigenvalue weighted by Crippen LogP contribution is 2.31. The van der Waals surface area contributed by atoms with Crippen LogP contribution in [0.1, 0.15) is 31.1 Å². The topological polar surface area (TPSA) is 29.5 Å². The number of aliphatic hydroxyl groups excluding tert-OH is 1. The van der Waals surface area contributed by atoms with Crippen LogP contribution < -0.4 is 0 Å². The number of halogens is 1. The van der Waals surface area contributed by atoms with Crippen molar-refractivity contribution in [2.24, 2.45) is 0 Å². The van der Waals surface area contributed by atoms with E-state index < -0.39 is 6.10 Å². The Kier molecular flexibility index (Phi) is 4.06. The van der Waals surface area contributed by atoms with Gasteiger partial charge in [0.2, 0.25) is 0 Å². The molecule has 0 radical (unpaired) electrons. The first-order valence-electron chi connectivity index (χ1n) is 5.66. The number of ether oxygens (including phenoxy) is 1. The van der Waals surface area contributed by atoms with Gasteiger partial charge in [0.15, 0.2) is 0 Å². The Morgan fingerprint density at radius 3 is 2.94 bits per heavy atom. The Labute approximate surface area is 109 Å². The van der Waals surface area contributed by atoms with Gasteiger partial charge >= 0.3 is 0 Å². The second kappa shape index (κ2) is 5.17. The highest BCUT2D eigenvalue weighted by molar-refractivity contribution is 9.11. The Balaban J connectivity index is 1.98. The summed E-state index contributed by atoms with van der Waals surface area (Å²) in [5.41, 5.74) is -0.352.